The fraction of sp³-hybridized carbons (Fsp3) is 0.762. The molecule has 0 saturated carbocycles. The van der Waals surface area contributed by atoms with Crippen molar-refractivity contribution in [1.29, 1.82) is 0 Å². The van der Waals surface area contributed by atoms with Gasteiger partial charge in [0.2, 0.25) is 11.8 Å². The van der Waals surface area contributed by atoms with Crippen molar-refractivity contribution in [1.82, 2.24) is 9.80 Å². The van der Waals surface area contributed by atoms with Crippen molar-refractivity contribution in [2.24, 2.45) is 11.8 Å². The first-order valence-electron chi connectivity index (χ1n) is 10.5. The second-order valence-corrected chi connectivity index (χ2v) is 8.58. The van der Waals surface area contributed by atoms with Crippen LogP contribution in [0.3, 0.4) is 0 Å². The molecule has 2 N–H and O–H groups in total. The van der Waals surface area contributed by atoms with Crippen LogP contribution in [0.1, 0.15) is 46.0 Å². The van der Waals surface area contributed by atoms with Crippen molar-refractivity contribution in [3.8, 4) is 0 Å². The molecule has 0 aromatic heterocycles. The number of carboxylic acids is 1. The summed E-state index contributed by atoms with van der Waals surface area (Å²) in [5, 5.41) is 18.8. The molecular weight excluding hydrogens is 376 g/mol. The highest BCUT2D eigenvalue weighted by Crippen LogP contribution is 2.58. The molecule has 0 aromatic carbocycles. The van der Waals surface area contributed by atoms with Crippen LogP contribution in [-0.2, 0) is 19.1 Å². The summed E-state index contributed by atoms with van der Waals surface area (Å²) < 4.78 is 6.17. The van der Waals surface area contributed by atoms with Crippen LogP contribution in [0.15, 0.2) is 12.7 Å². The number of carbonyl (C=O) groups is 3. The average molecular weight is 408 g/mol. The number of carboxylic acid groups (broad SMARTS) is 1. The Balaban J connectivity index is 1.96. The quantitative estimate of drug-likeness (QED) is 0.413. The number of ether oxygens (including phenoxy) is 1. The van der Waals surface area contributed by atoms with Gasteiger partial charge < -0.3 is 24.7 Å². The minimum Gasteiger partial charge on any atom is -0.481 e. The first-order valence-corrected chi connectivity index (χ1v) is 10.5. The maximum Gasteiger partial charge on any atom is 0.310 e. The Morgan fingerprint density at radius 1 is 1.38 bits per heavy atom. The summed E-state index contributed by atoms with van der Waals surface area (Å²) in [4.78, 5) is 42.1. The first kappa shape index (κ1) is 21.8. The number of carbonyl (C=O) groups excluding carboxylic acids is 2. The molecule has 3 aliphatic heterocycles. The lowest BCUT2D eigenvalue weighted by Gasteiger charge is -2.38. The lowest BCUT2D eigenvalue weighted by atomic mass is 9.70. The number of hydrogen-bond acceptors (Lipinski definition) is 5. The van der Waals surface area contributed by atoms with Gasteiger partial charge in [0.15, 0.2) is 0 Å². The molecule has 3 rings (SSSR count). The Hall–Kier alpha value is -1.93. The number of aliphatic carboxylic acids is 1. The number of unbranched alkanes of at least 4 members (excludes halogenated alkanes) is 2. The zero-order chi connectivity index (χ0) is 21.3. The van der Waals surface area contributed by atoms with Crippen molar-refractivity contribution in [2.75, 3.05) is 19.7 Å². The van der Waals surface area contributed by atoms with Gasteiger partial charge in [0.1, 0.15) is 11.6 Å². The third-order valence-electron chi connectivity index (χ3n) is 6.61. The Morgan fingerprint density at radius 2 is 2.10 bits per heavy atom. The normalized spacial score (nSPS) is 32.7. The molecule has 2 bridgehead atoms. The van der Waals surface area contributed by atoms with Gasteiger partial charge in [0, 0.05) is 25.7 Å². The van der Waals surface area contributed by atoms with Gasteiger partial charge in [-0.25, -0.2) is 0 Å². The van der Waals surface area contributed by atoms with Crippen LogP contribution in [-0.4, -0.2) is 81.3 Å². The summed E-state index contributed by atoms with van der Waals surface area (Å²) in [7, 11) is 0. The molecule has 8 heteroatoms. The second-order valence-electron chi connectivity index (χ2n) is 8.58. The van der Waals surface area contributed by atoms with E-state index in [9.17, 15) is 19.5 Å². The Labute approximate surface area is 171 Å². The summed E-state index contributed by atoms with van der Waals surface area (Å²) in [6.45, 7) is 8.34. The molecule has 162 valence electrons. The van der Waals surface area contributed by atoms with E-state index in [1.54, 1.807) is 15.9 Å². The molecular formula is C21H32N2O6. The van der Waals surface area contributed by atoms with Crippen LogP contribution < -0.4 is 0 Å². The zero-order valence-corrected chi connectivity index (χ0v) is 17.2. The summed E-state index contributed by atoms with van der Waals surface area (Å²) in [6, 6.07) is -0.901. The Bertz CT molecular complexity index is 680. The van der Waals surface area contributed by atoms with Gasteiger partial charge in [-0.2, -0.15) is 0 Å². The van der Waals surface area contributed by atoms with Crippen molar-refractivity contribution < 1.29 is 29.3 Å². The van der Waals surface area contributed by atoms with Crippen LogP contribution in [0.5, 0.6) is 0 Å². The van der Waals surface area contributed by atoms with Crippen molar-refractivity contribution in [2.45, 2.75) is 69.7 Å². The lowest BCUT2D eigenvalue weighted by molar-refractivity contribution is -0.151. The minimum absolute atomic E-state index is 0.0786. The number of likely N-dealkylation sites (tertiary alicyclic amines) is 1. The SMILES string of the molecule is C=CCN(C(=O)C1N(CCCCCO)C(=O)[C@@H]2[C@H](C(=O)O)[C@@H]3CCC12O3)C(C)C. The van der Waals surface area contributed by atoms with Gasteiger partial charge in [-0.3, -0.25) is 14.4 Å². The van der Waals surface area contributed by atoms with E-state index in [2.05, 4.69) is 6.58 Å². The topological polar surface area (TPSA) is 107 Å². The highest BCUT2D eigenvalue weighted by Gasteiger charge is 2.74. The molecule has 0 aliphatic carbocycles. The number of aliphatic hydroxyl groups excluding tert-OH is 1. The van der Waals surface area contributed by atoms with Crippen LogP contribution in [0.4, 0.5) is 0 Å². The van der Waals surface area contributed by atoms with Crippen LogP contribution in [0.25, 0.3) is 0 Å². The van der Waals surface area contributed by atoms with E-state index in [0.29, 0.717) is 38.8 Å². The summed E-state index contributed by atoms with van der Waals surface area (Å²) in [6.07, 6.45) is 4.20. The third kappa shape index (κ3) is 3.46. The van der Waals surface area contributed by atoms with Gasteiger partial charge in [-0.05, 0) is 46.0 Å². The van der Waals surface area contributed by atoms with E-state index in [1.165, 1.54) is 0 Å². The molecule has 8 nitrogen and oxygen atoms in total. The monoisotopic (exact) mass is 408 g/mol. The number of rotatable bonds is 10. The summed E-state index contributed by atoms with van der Waals surface area (Å²) in [5.74, 6) is -3.24. The zero-order valence-electron chi connectivity index (χ0n) is 17.2. The predicted molar refractivity (Wildman–Crippen MR) is 105 cm³/mol. The molecule has 3 fully saturated rings. The van der Waals surface area contributed by atoms with E-state index in [-0.39, 0.29) is 24.5 Å². The van der Waals surface area contributed by atoms with Crippen LogP contribution in [0.2, 0.25) is 0 Å². The highest BCUT2D eigenvalue weighted by molar-refractivity contribution is 5.98. The van der Waals surface area contributed by atoms with Gasteiger partial charge in [-0.1, -0.05) is 6.08 Å². The Kier molecular flexibility index (Phi) is 6.33. The van der Waals surface area contributed by atoms with Gasteiger partial charge in [0.05, 0.1) is 17.9 Å². The number of amides is 2. The molecule has 29 heavy (non-hydrogen) atoms. The number of nitrogens with zero attached hydrogens (tertiary/aromatic N) is 2. The fourth-order valence-corrected chi connectivity index (χ4v) is 5.38. The average Bonchev–Trinajstić information content (AvgIpc) is 3.30. The molecule has 3 heterocycles. The van der Waals surface area contributed by atoms with Crippen molar-refractivity contribution in [3.63, 3.8) is 0 Å². The van der Waals surface area contributed by atoms with E-state index in [0.717, 1.165) is 6.42 Å². The van der Waals surface area contributed by atoms with Crippen LogP contribution in [0, 0.1) is 11.8 Å². The van der Waals surface area contributed by atoms with Crippen LogP contribution >= 0.6 is 0 Å². The highest BCUT2D eigenvalue weighted by atomic mass is 16.5. The largest absolute Gasteiger partial charge is 0.481 e. The lowest BCUT2D eigenvalue weighted by Crippen LogP contribution is -2.57. The minimum atomic E-state index is -1.06. The number of hydrogen-bond donors (Lipinski definition) is 2. The predicted octanol–water partition coefficient (Wildman–Crippen LogP) is 1.03. The third-order valence-corrected chi connectivity index (χ3v) is 6.61. The second kappa shape index (κ2) is 8.44. The molecule has 2 unspecified atom stereocenters. The molecule has 5 atom stereocenters. The number of fused-ring (bicyclic) bond motifs is 1. The standard InChI is InChI=1S/C21H32N2O6/c1-4-10-22(13(2)3)19(26)17-21-9-8-14(29-21)15(20(27)28)16(21)18(25)23(17)11-6-5-7-12-24/h4,13-17,24H,1,5-12H2,2-3H3,(H,27,28)/t14-,15+,16-,17?,21?/m0/s1. The summed E-state index contributed by atoms with van der Waals surface area (Å²) in [5.41, 5.74) is -1.06. The molecule has 3 aliphatic rings. The summed E-state index contributed by atoms with van der Waals surface area (Å²) >= 11 is 0. The molecule has 3 saturated heterocycles. The van der Waals surface area contributed by atoms with Gasteiger partial charge in [-0.15, -0.1) is 6.58 Å². The maximum absolute atomic E-state index is 13.6. The van der Waals surface area contributed by atoms with E-state index < -0.39 is 35.6 Å². The molecule has 1 spiro atoms. The van der Waals surface area contributed by atoms with Gasteiger partial charge >= 0.3 is 5.97 Å². The smallest absolute Gasteiger partial charge is 0.310 e. The van der Waals surface area contributed by atoms with Crippen molar-refractivity contribution >= 4 is 17.8 Å². The Morgan fingerprint density at radius 3 is 2.69 bits per heavy atom. The molecule has 0 radical (unpaired) electrons. The maximum atomic E-state index is 13.6. The number of aliphatic hydroxyl groups is 1. The van der Waals surface area contributed by atoms with E-state index in [1.807, 2.05) is 13.8 Å². The van der Waals surface area contributed by atoms with Gasteiger partial charge in [0.25, 0.3) is 0 Å². The molecule has 2 amide bonds. The van der Waals surface area contributed by atoms with E-state index in [4.69, 9.17) is 9.84 Å². The first-order chi connectivity index (χ1) is 13.8. The van der Waals surface area contributed by atoms with E-state index >= 15 is 0 Å². The fourth-order valence-electron chi connectivity index (χ4n) is 5.38. The molecule has 0 aromatic rings. The van der Waals surface area contributed by atoms with Crippen molar-refractivity contribution in [3.05, 3.63) is 12.7 Å².